The lowest BCUT2D eigenvalue weighted by Gasteiger charge is -2.26. The quantitative estimate of drug-likeness (QED) is 0.840. The summed E-state index contributed by atoms with van der Waals surface area (Å²) in [6.45, 7) is 5.79. The minimum atomic E-state index is -0.126. The van der Waals surface area contributed by atoms with Gasteiger partial charge in [-0.15, -0.1) is 11.8 Å². The molecule has 0 unspecified atom stereocenters. The minimum Gasteiger partial charge on any atom is -0.342 e. The maximum absolute atomic E-state index is 12.1. The van der Waals surface area contributed by atoms with E-state index in [9.17, 15) is 9.59 Å². The van der Waals surface area contributed by atoms with Crippen molar-refractivity contribution in [3.8, 4) is 0 Å². The van der Waals surface area contributed by atoms with Crippen molar-refractivity contribution in [2.24, 2.45) is 0 Å². The van der Waals surface area contributed by atoms with E-state index in [0.29, 0.717) is 11.4 Å². The molecule has 0 radical (unpaired) electrons. The molecule has 7 nitrogen and oxygen atoms in total. The fourth-order valence-corrected chi connectivity index (χ4v) is 3.77. The van der Waals surface area contributed by atoms with Gasteiger partial charge < -0.3 is 10.2 Å². The molecule has 1 fully saturated rings. The number of nitrogens with zero attached hydrogens (tertiary/aromatic N) is 4. The van der Waals surface area contributed by atoms with Gasteiger partial charge in [0.15, 0.2) is 5.65 Å². The Morgan fingerprint density at radius 3 is 2.69 bits per heavy atom. The van der Waals surface area contributed by atoms with E-state index in [1.165, 1.54) is 18.2 Å². The summed E-state index contributed by atoms with van der Waals surface area (Å²) in [4.78, 5) is 30.5. The molecule has 0 spiro atoms. The lowest BCUT2D eigenvalue weighted by molar-refractivity contribution is -0.129. The second-order valence-electron chi connectivity index (χ2n) is 6.80. The number of piperidine rings is 1. The molecule has 0 atom stereocenters. The van der Waals surface area contributed by atoms with Gasteiger partial charge in [-0.25, -0.2) is 9.67 Å². The van der Waals surface area contributed by atoms with Gasteiger partial charge in [0.2, 0.25) is 11.8 Å². The summed E-state index contributed by atoms with van der Waals surface area (Å²) >= 11 is 1.35. The molecular formula is C18H25N5O2S. The Hall–Kier alpha value is -2.09. The van der Waals surface area contributed by atoms with Gasteiger partial charge in [0.05, 0.1) is 29.6 Å². The maximum atomic E-state index is 12.1. The number of anilines is 1. The van der Waals surface area contributed by atoms with Crippen molar-refractivity contribution in [2.75, 3.05) is 29.9 Å². The summed E-state index contributed by atoms with van der Waals surface area (Å²) in [5, 5.41) is 8.06. The Morgan fingerprint density at radius 1 is 1.19 bits per heavy atom. The average molecular weight is 375 g/mol. The SMILES string of the molecule is CC(C)n1ncc2cc(NC(=O)CSCC(=O)N3CCCCC3)cnc21. The highest BCUT2D eigenvalue weighted by Gasteiger charge is 2.16. The standard InChI is InChI=1S/C18H25N5O2S/c1-13(2)23-18-14(9-20-23)8-15(10-19-18)21-16(24)11-26-12-17(25)22-6-4-3-5-7-22/h8-10,13H,3-7,11-12H2,1-2H3,(H,21,24). The number of pyridine rings is 1. The normalized spacial score (nSPS) is 14.8. The fourth-order valence-electron chi connectivity index (χ4n) is 3.05. The molecule has 1 aliphatic rings. The van der Waals surface area contributed by atoms with Crippen LogP contribution in [-0.2, 0) is 9.59 Å². The summed E-state index contributed by atoms with van der Waals surface area (Å²) in [5.74, 6) is 0.611. The van der Waals surface area contributed by atoms with Crippen LogP contribution in [0.5, 0.6) is 0 Å². The molecule has 140 valence electrons. The van der Waals surface area contributed by atoms with Crippen molar-refractivity contribution in [1.82, 2.24) is 19.7 Å². The first-order valence-electron chi connectivity index (χ1n) is 9.03. The van der Waals surface area contributed by atoms with Crippen LogP contribution in [0.3, 0.4) is 0 Å². The number of likely N-dealkylation sites (tertiary alicyclic amines) is 1. The highest BCUT2D eigenvalue weighted by molar-refractivity contribution is 8.00. The first-order chi connectivity index (χ1) is 12.5. The summed E-state index contributed by atoms with van der Waals surface area (Å²) in [6, 6.07) is 2.10. The largest absolute Gasteiger partial charge is 0.342 e. The van der Waals surface area contributed by atoms with E-state index >= 15 is 0 Å². The predicted octanol–water partition coefficient (Wildman–Crippen LogP) is 2.70. The number of aromatic nitrogens is 3. The van der Waals surface area contributed by atoms with Crippen molar-refractivity contribution in [3.63, 3.8) is 0 Å². The van der Waals surface area contributed by atoms with Crippen molar-refractivity contribution in [1.29, 1.82) is 0 Å². The lowest BCUT2D eigenvalue weighted by Crippen LogP contribution is -2.37. The van der Waals surface area contributed by atoms with Crippen LogP contribution in [0.2, 0.25) is 0 Å². The van der Waals surface area contributed by atoms with E-state index in [2.05, 4.69) is 15.4 Å². The van der Waals surface area contributed by atoms with Gasteiger partial charge in [0, 0.05) is 24.5 Å². The molecule has 8 heteroatoms. The van der Waals surface area contributed by atoms with Gasteiger partial charge in [0.1, 0.15) is 0 Å². The van der Waals surface area contributed by atoms with Crippen LogP contribution < -0.4 is 5.32 Å². The zero-order chi connectivity index (χ0) is 18.5. The molecule has 0 bridgehead atoms. The topological polar surface area (TPSA) is 80.1 Å². The molecule has 0 aliphatic carbocycles. The third-order valence-corrected chi connectivity index (χ3v) is 5.29. The molecule has 1 aliphatic heterocycles. The number of rotatable bonds is 6. The molecule has 0 aromatic carbocycles. The molecule has 0 saturated carbocycles. The highest BCUT2D eigenvalue weighted by atomic mass is 32.2. The second kappa shape index (κ2) is 8.53. The van der Waals surface area contributed by atoms with Gasteiger partial charge in [-0.2, -0.15) is 5.10 Å². The van der Waals surface area contributed by atoms with E-state index in [0.717, 1.165) is 37.0 Å². The van der Waals surface area contributed by atoms with E-state index in [-0.39, 0.29) is 23.6 Å². The number of fused-ring (bicyclic) bond motifs is 1. The summed E-state index contributed by atoms with van der Waals surface area (Å²) < 4.78 is 1.85. The Bertz CT molecular complexity index is 783. The molecule has 3 heterocycles. The summed E-state index contributed by atoms with van der Waals surface area (Å²) in [7, 11) is 0. The number of carbonyl (C=O) groups excluding carboxylic acids is 2. The van der Waals surface area contributed by atoms with Gasteiger partial charge in [-0.1, -0.05) is 0 Å². The smallest absolute Gasteiger partial charge is 0.234 e. The zero-order valence-corrected chi connectivity index (χ0v) is 16.1. The third kappa shape index (κ3) is 4.55. The third-order valence-electron chi connectivity index (χ3n) is 4.37. The van der Waals surface area contributed by atoms with Crippen LogP contribution in [0.25, 0.3) is 11.0 Å². The Labute approximate surface area is 157 Å². The van der Waals surface area contributed by atoms with Crippen LogP contribution in [-0.4, -0.2) is 56.1 Å². The Kier molecular flexibility index (Phi) is 6.13. The lowest BCUT2D eigenvalue weighted by atomic mass is 10.1. The highest BCUT2D eigenvalue weighted by Crippen LogP contribution is 2.19. The first-order valence-corrected chi connectivity index (χ1v) is 10.2. The maximum Gasteiger partial charge on any atom is 0.234 e. The molecule has 2 aromatic rings. The van der Waals surface area contributed by atoms with Crippen molar-refractivity contribution in [3.05, 3.63) is 18.5 Å². The van der Waals surface area contributed by atoms with Gasteiger partial charge in [-0.05, 0) is 39.2 Å². The molecule has 26 heavy (non-hydrogen) atoms. The van der Waals surface area contributed by atoms with Gasteiger partial charge in [0.25, 0.3) is 0 Å². The molecule has 3 rings (SSSR count). The van der Waals surface area contributed by atoms with E-state index in [1.807, 2.05) is 29.5 Å². The van der Waals surface area contributed by atoms with Gasteiger partial charge >= 0.3 is 0 Å². The number of carbonyl (C=O) groups is 2. The second-order valence-corrected chi connectivity index (χ2v) is 7.79. The van der Waals surface area contributed by atoms with E-state index < -0.39 is 0 Å². The van der Waals surface area contributed by atoms with Crippen molar-refractivity contribution >= 4 is 40.3 Å². The van der Waals surface area contributed by atoms with E-state index in [1.54, 1.807) is 12.4 Å². The number of hydrogen-bond acceptors (Lipinski definition) is 5. The predicted molar refractivity (Wildman–Crippen MR) is 104 cm³/mol. The number of hydrogen-bond donors (Lipinski definition) is 1. The molecular weight excluding hydrogens is 350 g/mol. The van der Waals surface area contributed by atoms with Crippen LogP contribution in [0, 0.1) is 0 Å². The molecule has 1 saturated heterocycles. The van der Waals surface area contributed by atoms with E-state index in [4.69, 9.17) is 0 Å². The first kappa shape index (κ1) is 18.7. The molecule has 2 aromatic heterocycles. The van der Waals surface area contributed by atoms with Crippen LogP contribution in [0.15, 0.2) is 18.5 Å². The van der Waals surface area contributed by atoms with Gasteiger partial charge in [-0.3, -0.25) is 9.59 Å². The molecule has 2 amide bonds. The summed E-state index contributed by atoms with van der Waals surface area (Å²) in [5.41, 5.74) is 1.45. The minimum absolute atomic E-state index is 0.126. The Morgan fingerprint density at radius 2 is 1.96 bits per heavy atom. The molecule has 1 N–H and O–H groups in total. The monoisotopic (exact) mass is 375 g/mol. The zero-order valence-electron chi connectivity index (χ0n) is 15.3. The summed E-state index contributed by atoms with van der Waals surface area (Å²) in [6.07, 6.45) is 6.77. The number of nitrogens with one attached hydrogen (secondary N) is 1. The fraction of sp³-hybridized carbons (Fsp3) is 0.556. The number of amides is 2. The van der Waals surface area contributed by atoms with Crippen LogP contribution in [0.1, 0.15) is 39.2 Å². The number of thioether (sulfide) groups is 1. The van der Waals surface area contributed by atoms with Crippen LogP contribution in [0.4, 0.5) is 5.69 Å². The Balaban J connectivity index is 1.48. The van der Waals surface area contributed by atoms with Crippen LogP contribution >= 0.6 is 11.8 Å². The van der Waals surface area contributed by atoms with Crippen molar-refractivity contribution < 1.29 is 9.59 Å². The average Bonchev–Trinajstić information content (AvgIpc) is 3.06. The van der Waals surface area contributed by atoms with Crippen molar-refractivity contribution in [2.45, 2.75) is 39.2 Å².